The van der Waals surface area contributed by atoms with Crippen molar-refractivity contribution in [3.05, 3.63) is 68.4 Å². The molecule has 4 rings (SSSR count). The monoisotopic (exact) mass is 602 g/mol. The maximum absolute atomic E-state index is 14.5. The number of carbonyl (C=O) groups excluding carboxylic acids is 1. The Morgan fingerprint density at radius 1 is 1.12 bits per heavy atom. The Labute approximate surface area is 245 Å². The van der Waals surface area contributed by atoms with Gasteiger partial charge >= 0.3 is 5.69 Å². The summed E-state index contributed by atoms with van der Waals surface area (Å²) in [5.74, 6) is -0.605. The second-order valence-corrected chi connectivity index (χ2v) is 11.0. The number of nitrogens with one attached hydrogen (secondary N) is 1. The molecule has 0 bridgehead atoms. The molecule has 0 unspecified atom stereocenters. The van der Waals surface area contributed by atoms with E-state index >= 15 is 0 Å². The number of amides is 1. The summed E-state index contributed by atoms with van der Waals surface area (Å²) >= 11 is 1.16. The molecule has 1 N–H and O–H groups in total. The summed E-state index contributed by atoms with van der Waals surface area (Å²) < 4.78 is 33.7. The molecule has 2 atom stereocenters. The van der Waals surface area contributed by atoms with Gasteiger partial charge in [0.2, 0.25) is 5.91 Å². The zero-order chi connectivity index (χ0) is 30.6. The molecule has 12 nitrogen and oxygen atoms in total. The molecule has 42 heavy (non-hydrogen) atoms. The third-order valence-corrected chi connectivity index (χ3v) is 8.00. The average molecular weight is 603 g/mol. The number of hydrogen-bond donors (Lipinski definition) is 1. The maximum atomic E-state index is 14.5. The van der Waals surface area contributed by atoms with Crippen LogP contribution in [0.1, 0.15) is 50.5 Å². The van der Waals surface area contributed by atoms with Crippen LogP contribution < -0.4 is 21.3 Å². The number of thiophene rings is 1. The molecule has 0 saturated carbocycles. The SMILES string of the molecule is COCCCO[C@@H](Cn1c(=O)n([C@H](C)C(=O)NC(C)C)c(=O)c2c(C)c(-n3nccn3)sc21)c1cc(F)ccc1OC. The Morgan fingerprint density at radius 2 is 1.83 bits per heavy atom. The molecule has 3 heterocycles. The smallest absolute Gasteiger partial charge is 0.332 e. The molecule has 14 heteroatoms. The van der Waals surface area contributed by atoms with Gasteiger partial charge in [0, 0.05) is 37.5 Å². The molecule has 0 fully saturated rings. The molecule has 1 aromatic carbocycles. The lowest BCUT2D eigenvalue weighted by molar-refractivity contribution is -0.124. The fourth-order valence-corrected chi connectivity index (χ4v) is 5.90. The summed E-state index contributed by atoms with van der Waals surface area (Å²) in [6.45, 7) is 7.41. The van der Waals surface area contributed by atoms with Crippen molar-refractivity contribution in [1.82, 2.24) is 29.4 Å². The number of aryl methyl sites for hydroxylation is 1. The fraction of sp³-hybridized carbons (Fsp3) is 0.464. The van der Waals surface area contributed by atoms with E-state index < -0.39 is 35.1 Å². The molecule has 0 saturated heterocycles. The zero-order valence-corrected chi connectivity index (χ0v) is 25.2. The van der Waals surface area contributed by atoms with Gasteiger partial charge in [-0.25, -0.2) is 13.8 Å². The number of aromatic nitrogens is 5. The molecule has 4 aromatic rings. The summed E-state index contributed by atoms with van der Waals surface area (Å²) in [6.07, 6.45) is 2.71. The largest absolute Gasteiger partial charge is 0.496 e. The number of hydrogen-bond acceptors (Lipinski definition) is 9. The van der Waals surface area contributed by atoms with Gasteiger partial charge in [0.1, 0.15) is 33.5 Å². The number of halogens is 1. The van der Waals surface area contributed by atoms with Crippen LogP contribution >= 0.6 is 11.3 Å². The predicted octanol–water partition coefficient (Wildman–Crippen LogP) is 3.14. The molecule has 0 aliphatic rings. The molecule has 1 amide bonds. The highest BCUT2D eigenvalue weighted by Crippen LogP contribution is 2.34. The minimum atomic E-state index is -1.11. The molecular weight excluding hydrogens is 567 g/mol. The van der Waals surface area contributed by atoms with Crippen molar-refractivity contribution in [2.45, 2.75) is 58.8 Å². The van der Waals surface area contributed by atoms with E-state index in [1.54, 1.807) is 27.9 Å². The first kappa shape index (κ1) is 31.1. The van der Waals surface area contributed by atoms with Gasteiger partial charge in [-0.1, -0.05) is 11.3 Å². The van der Waals surface area contributed by atoms with Gasteiger partial charge in [0.25, 0.3) is 5.56 Å². The Morgan fingerprint density at radius 3 is 2.48 bits per heavy atom. The standard InChI is InChI=1S/C28H35FN6O6S/c1-16(2)32-24(36)18(4)34-25(37)23-17(3)26(35-30-10-11-31-35)42-27(23)33(28(34)38)15-22(41-13-7-12-39-5)20-14-19(29)8-9-21(20)40-6/h8-11,14,16,18,22H,7,12-13,15H2,1-6H3,(H,32,36)/t18-,22+/m1/s1. The highest BCUT2D eigenvalue weighted by atomic mass is 32.1. The Bertz CT molecular complexity index is 1660. The lowest BCUT2D eigenvalue weighted by atomic mass is 10.1. The number of carbonyl (C=O) groups is 1. The topological polar surface area (TPSA) is 132 Å². The van der Waals surface area contributed by atoms with Crippen LogP contribution in [-0.2, 0) is 20.8 Å². The van der Waals surface area contributed by atoms with Gasteiger partial charge in [-0.05, 0) is 52.3 Å². The van der Waals surface area contributed by atoms with E-state index in [9.17, 15) is 18.8 Å². The van der Waals surface area contributed by atoms with Gasteiger partial charge in [0.05, 0.1) is 31.4 Å². The van der Waals surface area contributed by atoms with E-state index in [1.807, 2.05) is 0 Å². The molecule has 3 aromatic heterocycles. The molecule has 0 aliphatic heterocycles. The Balaban J connectivity index is 1.96. The number of fused-ring (bicyclic) bond motifs is 1. The maximum Gasteiger partial charge on any atom is 0.332 e. The van der Waals surface area contributed by atoms with Crippen molar-refractivity contribution >= 4 is 27.5 Å². The van der Waals surface area contributed by atoms with Crippen LogP contribution in [0.5, 0.6) is 5.75 Å². The average Bonchev–Trinajstić information content (AvgIpc) is 3.60. The molecule has 0 spiro atoms. The summed E-state index contributed by atoms with van der Waals surface area (Å²) in [4.78, 5) is 42.8. The number of nitrogens with zero attached hydrogens (tertiary/aromatic N) is 5. The Kier molecular flexibility index (Phi) is 9.91. The van der Waals surface area contributed by atoms with Crippen molar-refractivity contribution < 1.29 is 23.4 Å². The van der Waals surface area contributed by atoms with Crippen LogP contribution in [0.3, 0.4) is 0 Å². The Hall–Kier alpha value is -3.88. The quantitative estimate of drug-likeness (QED) is 0.231. The first-order valence-electron chi connectivity index (χ1n) is 13.5. The van der Waals surface area contributed by atoms with Crippen molar-refractivity contribution in [2.24, 2.45) is 0 Å². The van der Waals surface area contributed by atoms with E-state index in [-0.39, 0.29) is 24.6 Å². The van der Waals surface area contributed by atoms with Gasteiger partial charge in [0.15, 0.2) is 0 Å². The van der Waals surface area contributed by atoms with E-state index in [0.29, 0.717) is 39.7 Å². The van der Waals surface area contributed by atoms with Crippen LogP contribution in [0.2, 0.25) is 0 Å². The number of benzene rings is 1. The summed E-state index contributed by atoms with van der Waals surface area (Å²) in [7, 11) is 3.04. The van der Waals surface area contributed by atoms with E-state index in [4.69, 9.17) is 14.2 Å². The lowest BCUT2D eigenvalue weighted by Gasteiger charge is -2.23. The second-order valence-electron chi connectivity index (χ2n) is 10.0. The van der Waals surface area contributed by atoms with Crippen LogP contribution in [0.25, 0.3) is 15.2 Å². The van der Waals surface area contributed by atoms with Gasteiger partial charge < -0.3 is 19.5 Å². The molecule has 0 radical (unpaired) electrons. The van der Waals surface area contributed by atoms with E-state index in [2.05, 4.69) is 15.5 Å². The van der Waals surface area contributed by atoms with Crippen molar-refractivity contribution in [2.75, 3.05) is 27.4 Å². The first-order chi connectivity index (χ1) is 20.1. The third-order valence-electron chi connectivity index (χ3n) is 6.71. The zero-order valence-electron chi connectivity index (χ0n) is 24.4. The van der Waals surface area contributed by atoms with Crippen LogP contribution in [-0.4, -0.2) is 63.5 Å². The number of rotatable bonds is 13. The fourth-order valence-electron chi connectivity index (χ4n) is 4.68. The molecular formula is C28H35FN6O6S. The van der Waals surface area contributed by atoms with Crippen LogP contribution in [0.4, 0.5) is 4.39 Å². The summed E-state index contributed by atoms with van der Waals surface area (Å²) in [5, 5.41) is 12.0. The number of ether oxygens (including phenoxy) is 3. The minimum Gasteiger partial charge on any atom is -0.496 e. The first-order valence-corrected chi connectivity index (χ1v) is 14.3. The van der Waals surface area contributed by atoms with Crippen molar-refractivity contribution in [3.8, 4) is 10.8 Å². The third kappa shape index (κ3) is 6.30. The highest BCUT2D eigenvalue weighted by Gasteiger charge is 2.29. The van der Waals surface area contributed by atoms with Gasteiger partial charge in [-0.2, -0.15) is 10.2 Å². The van der Waals surface area contributed by atoms with E-state index in [0.717, 1.165) is 15.9 Å². The highest BCUT2D eigenvalue weighted by molar-refractivity contribution is 7.21. The van der Waals surface area contributed by atoms with Crippen molar-refractivity contribution in [1.29, 1.82) is 0 Å². The van der Waals surface area contributed by atoms with E-state index in [1.165, 1.54) is 54.0 Å². The van der Waals surface area contributed by atoms with Gasteiger partial charge in [-0.3, -0.25) is 14.2 Å². The lowest BCUT2D eigenvalue weighted by Crippen LogP contribution is -2.47. The number of methoxy groups -OCH3 is 2. The van der Waals surface area contributed by atoms with Crippen LogP contribution in [0, 0.1) is 12.7 Å². The van der Waals surface area contributed by atoms with Crippen molar-refractivity contribution in [3.63, 3.8) is 0 Å². The summed E-state index contributed by atoms with van der Waals surface area (Å²) in [6, 6.07) is 2.75. The van der Waals surface area contributed by atoms with Crippen LogP contribution in [0.15, 0.2) is 40.2 Å². The normalized spacial score (nSPS) is 13.0. The predicted molar refractivity (Wildman–Crippen MR) is 156 cm³/mol. The molecule has 226 valence electrons. The minimum absolute atomic E-state index is 0.104. The second kappa shape index (κ2) is 13.4. The van der Waals surface area contributed by atoms with Gasteiger partial charge in [-0.15, -0.1) is 4.80 Å². The molecule has 0 aliphatic carbocycles. The summed E-state index contributed by atoms with van der Waals surface area (Å²) in [5.41, 5.74) is -0.372.